The molecule has 3 heteroatoms. The van der Waals surface area contributed by atoms with Gasteiger partial charge in [-0.1, -0.05) is 12.1 Å². The van der Waals surface area contributed by atoms with Gasteiger partial charge in [0.2, 0.25) is 5.69 Å². The summed E-state index contributed by atoms with van der Waals surface area (Å²) in [6.07, 6.45) is 2.11. The first-order valence-electron chi connectivity index (χ1n) is 7.20. The standard InChI is InChI=1S/C19H14F2N/c1-12-2-7-19-17-8-13(3-4-14(17)11-22(19)10-12)16-9-15(20)5-6-18(16)21/h2-10H,11H2,1H3/q+1. The van der Waals surface area contributed by atoms with Crippen LogP contribution < -0.4 is 4.57 Å². The fraction of sp³-hybridized carbons (Fsp3) is 0.105. The fourth-order valence-electron chi connectivity index (χ4n) is 3.06. The molecule has 1 aliphatic heterocycles. The molecular weight excluding hydrogens is 280 g/mol. The van der Waals surface area contributed by atoms with Gasteiger partial charge in [-0.2, -0.15) is 4.57 Å². The molecule has 0 fully saturated rings. The summed E-state index contributed by atoms with van der Waals surface area (Å²) in [5, 5.41) is 0. The van der Waals surface area contributed by atoms with E-state index in [-0.39, 0.29) is 0 Å². The zero-order chi connectivity index (χ0) is 15.3. The van der Waals surface area contributed by atoms with E-state index in [2.05, 4.69) is 29.8 Å². The minimum absolute atomic E-state index is 0.299. The fourth-order valence-corrected chi connectivity index (χ4v) is 3.06. The molecule has 108 valence electrons. The summed E-state index contributed by atoms with van der Waals surface area (Å²) < 4.78 is 29.6. The number of hydrogen-bond donors (Lipinski definition) is 0. The second kappa shape index (κ2) is 4.73. The van der Waals surface area contributed by atoms with Crippen molar-refractivity contribution in [2.24, 2.45) is 0 Å². The molecule has 2 aromatic carbocycles. The molecule has 0 atom stereocenters. The van der Waals surface area contributed by atoms with Crippen LogP contribution in [0.3, 0.4) is 0 Å². The van der Waals surface area contributed by atoms with Crippen LogP contribution in [0, 0.1) is 18.6 Å². The van der Waals surface area contributed by atoms with Gasteiger partial charge in [-0.15, -0.1) is 0 Å². The van der Waals surface area contributed by atoms with E-state index < -0.39 is 11.6 Å². The smallest absolute Gasteiger partial charge is 0.207 e. The van der Waals surface area contributed by atoms with Crippen LogP contribution in [0.1, 0.15) is 11.1 Å². The first-order chi connectivity index (χ1) is 10.6. The number of nitrogens with zero attached hydrogens (tertiary/aromatic N) is 1. The van der Waals surface area contributed by atoms with Crippen LogP contribution in [0.25, 0.3) is 22.4 Å². The van der Waals surface area contributed by atoms with Gasteiger partial charge in [-0.05, 0) is 42.8 Å². The Balaban J connectivity index is 1.88. The van der Waals surface area contributed by atoms with Crippen molar-refractivity contribution in [3.8, 4) is 22.4 Å². The summed E-state index contributed by atoms with van der Waals surface area (Å²) in [4.78, 5) is 0. The number of aryl methyl sites for hydroxylation is 1. The zero-order valence-corrected chi connectivity index (χ0v) is 12.1. The summed E-state index contributed by atoms with van der Waals surface area (Å²) in [7, 11) is 0. The second-order valence-electron chi connectivity index (χ2n) is 5.72. The SMILES string of the molecule is Cc1ccc2[n+](c1)Cc1ccc(-c3cc(F)ccc3F)cc1-2. The molecule has 3 aromatic rings. The maximum absolute atomic E-state index is 14.0. The van der Waals surface area contributed by atoms with E-state index in [4.69, 9.17) is 0 Å². The Morgan fingerprint density at radius 2 is 1.77 bits per heavy atom. The van der Waals surface area contributed by atoms with Gasteiger partial charge in [0, 0.05) is 22.8 Å². The molecule has 0 radical (unpaired) electrons. The molecule has 1 nitrogen and oxygen atoms in total. The van der Waals surface area contributed by atoms with E-state index >= 15 is 0 Å². The van der Waals surface area contributed by atoms with Crippen LogP contribution in [0.15, 0.2) is 54.7 Å². The maximum Gasteiger partial charge on any atom is 0.213 e. The summed E-state index contributed by atoms with van der Waals surface area (Å²) in [5.41, 5.74) is 5.60. The van der Waals surface area contributed by atoms with Crippen molar-refractivity contribution >= 4 is 0 Å². The van der Waals surface area contributed by atoms with E-state index in [1.165, 1.54) is 23.3 Å². The van der Waals surface area contributed by atoms with Crippen LogP contribution in [0.5, 0.6) is 0 Å². The highest BCUT2D eigenvalue weighted by atomic mass is 19.1. The molecule has 0 N–H and O–H groups in total. The summed E-state index contributed by atoms with van der Waals surface area (Å²) in [6, 6.07) is 13.5. The molecule has 1 aliphatic rings. The summed E-state index contributed by atoms with van der Waals surface area (Å²) >= 11 is 0. The van der Waals surface area contributed by atoms with Gasteiger partial charge >= 0.3 is 0 Å². The van der Waals surface area contributed by atoms with Gasteiger partial charge in [0.25, 0.3) is 0 Å². The number of pyridine rings is 1. The minimum atomic E-state index is -0.428. The Morgan fingerprint density at radius 3 is 2.64 bits per heavy atom. The highest BCUT2D eigenvalue weighted by Crippen LogP contribution is 2.32. The van der Waals surface area contributed by atoms with Crippen molar-refractivity contribution in [3.05, 3.63) is 77.5 Å². The lowest BCUT2D eigenvalue weighted by molar-refractivity contribution is -0.672. The molecule has 1 aromatic heterocycles. The van der Waals surface area contributed by atoms with Crippen molar-refractivity contribution in [1.29, 1.82) is 0 Å². The molecule has 2 heterocycles. The lowest BCUT2D eigenvalue weighted by atomic mass is 9.98. The van der Waals surface area contributed by atoms with Crippen LogP contribution in [0.2, 0.25) is 0 Å². The molecule has 0 unspecified atom stereocenters. The molecule has 0 spiro atoms. The van der Waals surface area contributed by atoms with Crippen molar-refractivity contribution < 1.29 is 13.3 Å². The third kappa shape index (κ3) is 2.01. The van der Waals surface area contributed by atoms with Crippen LogP contribution in [-0.4, -0.2) is 0 Å². The van der Waals surface area contributed by atoms with E-state index in [0.29, 0.717) is 11.1 Å². The highest BCUT2D eigenvalue weighted by Gasteiger charge is 2.26. The molecule has 0 aliphatic carbocycles. The minimum Gasteiger partial charge on any atom is -0.207 e. The quantitative estimate of drug-likeness (QED) is 0.462. The number of benzene rings is 2. The van der Waals surface area contributed by atoms with Crippen LogP contribution >= 0.6 is 0 Å². The third-order valence-electron chi connectivity index (χ3n) is 4.14. The predicted molar refractivity (Wildman–Crippen MR) is 81.3 cm³/mol. The Labute approximate surface area is 127 Å². The zero-order valence-electron chi connectivity index (χ0n) is 12.1. The average molecular weight is 294 g/mol. The van der Waals surface area contributed by atoms with Gasteiger partial charge in [0.1, 0.15) is 11.6 Å². The Kier molecular flexibility index (Phi) is 2.83. The summed E-state index contributed by atoms with van der Waals surface area (Å²) in [5.74, 6) is -0.835. The van der Waals surface area contributed by atoms with Gasteiger partial charge in [0.05, 0.1) is 5.56 Å². The monoisotopic (exact) mass is 294 g/mol. The third-order valence-corrected chi connectivity index (χ3v) is 4.14. The van der Waals surface area contributed by atoms with E-state index in [1.54, 1.807) is 0 Å². The second-order valence-corrected chi connectivity index (χ2v) is 5.72. The molecule has 22 heavy (non-hydrogen) atoms. The number of fused-ring (bicyclic) bond motifs is 3. The largest absolute Gasteiger partial charge is 0.213 e. The molecule has 0 bridgehead atoms. The van der Waals surface area contributed by atoms with Crippen molar-refractivity contribution in [2.45, 2.75) is 13.5 Å². The average Bonchev–Trinajstić information content (AvgIpc) is 2.86. The van der Waals surface area contributed by atoms with Gasteiger partial charge < -0.3 is 0 Å². The maximum atomic E-state index is 14.0. The normalized spacial score (nSPS) is 12.1. The molecule has 0 saturated carbocycles. The predicted octanol–water partition coefficient (Wildman–Crippen LogP) is 4.26. The van der Waals surface area contributed by atoms with E-state index in [1.807, 2.05) is 18.2 Å². The van der Waals surface area contributed by atoms with E-state index in [9.17, 15) is 8.78 Å². The van der Waals surface area contributed by atoms with Crippen molar-refractivity contribution in [1.82, 2.24) is 0 Å². The number of aromatic nitrogens is 1. The van der Waals surface area contributed by atoms with Crippen molar-refractivity contribution in [3.63, 3.8) is 0 Å². The molecular formula is C19H14F2N+. The number of rotatable bonds is 1. The first kappa shape index (κ1) is 13.1. The lowest BCUT2D eigenvalue weighted by Gasteiger charge is -2.05. The first-order valence-corrected chi connectivity index (χ1v) is 7.20. The molecule has 4 rings (SSSR count). The number of halogens is 2. The van der Waals surface area contributed by atoms with Crippen molar-refractivity contribution in [2.75, 3.05) is 0 Å². The van der Waals surface area contributed by atoms with Crippen LogP contribution in [-0.2, 0) is 6.54 Å². The van der Waals surface area contributed by atoms with Gasteiger partial charge in [-0.3, -0.25) is 0 Å². The van der Waals surface area contributed by atoms with Crippen LogP contribution in [0.4, 0.5) is 8.78 Å². The molecule has 0 amide bonds. The Bertz CT molecular complexity index is 900. The Morgan fingerprint density at radius 1 is 0.909 bits per heavy atom. The Hall–Kier alpha value is -2.55. The summed E-state index contributed by atoms with van der Waals surface area (Å²) in [6.45, 7) is 2.88. The topological polar surface area (TPSA) is 3.88 Å². The lowest BCUT2D eigenvalue weighted by Crippen LogP contribution is -2.32. The van der Waals surface area contributed by atoms with E-state index in [0.717, 1.165) is 23.9 Å². The van der Waals surface area contributed by atoms with Gasteiger partial charge in [-0.25, -0.2) is 8.78 Å². The number of hydrogen-bond acceptors (Lipinski definition) is 0. The van der Waals surface area contributed by atoms with Gasteiger partial charge in [0.15, 0.2) is 12.7 Å². The highest BCUT2D eigenvalue weighted by molar-refractivity contribution is 5.74. The molecule has 0 saturated heterocycles.